The zero-order valence-corrected chi connectivity index (χ0v) is 14.1. The molecule has 0 aromatic heterocycles. The van der Waals surface area contributed by atoms with Crippen molar-refractivity contribution in [1.82, 2.24) is 5.32 Å². The number of sulfone groups is 1. The lowest BCUT2D eigenvalue weighted by atomic mass is 10.0. The maximum Gasteiger partial charge on any atom is 0.155 e. The standard InChI is InChI=1S/C17H27NO2S/c1-13-8-10-16(11-9-13)17(18-3)14(2)21(19,20)12-15-6-4-5-7-15/h8-11,14-15,17-18H,4-7,12H2,1-3H3. The molecule has 0 amide bonds. The molecule has 0 bridgehead atoms. The third-order valence-electron chi connectivity index (χ3n) is 4.73. The van der Waals surface area contributed by atoms with Crippen LogP contribution in [-0.2, 0) is 9.84 Å². The van der Waals surface area contributed by atoms with Crippen LogP contribution in [0.25, 0.3) is 0 Å². The van der Waals surface area contributed by atoms with Gasteiger partial charge in [-0.15, -0.1) is 0 Å². The largest absolute Gasteiger partial charge is 0.312 e. The Bertz CT molecular complexity index is 545. The summed E-state index contributed by atoms with van der Waals surface area (Å²) < 4.78 is 25.4. The van der Waals surface area contributed by atoms with Gasteiger partial charge in [0.1, 0.15) is 0 Å². The van der Waals surface area contributed by atoms with Gasteiger partial charge in [0.05, 0.1) is 11.0 Å². The van der Waals surface area contributed by atoms with E-state index in [0.717, 1.165) is 18.4 Å². The fraction of sp³-hybridized carbons (Fsp3) is 0.647. The van der Waals surface area contributed by atoms with E-state index in [2.05, 4.69) is 5.32 Å². The highest BCUT2D eigenvalue weighted by atomic mass is 32.2. The van der Waals surface area contributed by atoms with Crippen LogP contribution in [0.3, 0.4) is 0 Å². The van der Waals surface area contributed by atoms with Crippen LogP contribution in [0.1, 0.15) is 49.8 Å². The van der Waals surface area contributed by atoms with Crippen LogP contribution in [0.4, 0.5) is 0 Å². The lowest BCUT2D eigenvalue weighted by Gasteiger charge is -2.25. The minimum absolute atomic E-state index is 0.142. The summed E-state index contributed by atoms with van der Waals surface area (Å²) in [5, 5.41) is 2.79. The lowest BCUT2D eigenvalue weighted by Crippen LogP contribution is -2.36. The highest BCUT2D eigenvalue weighted by molar-refractivity contribution is 7.92. The summed E-state index contributed by atoms with van der Waals surface area (Å²) in [6.07, 6.45) is 4.51. The molecular formula is C17H27NO2S. The molecule has 3 nitrogen and oxygen atoms in total. The van der Waals surface area contributed by atoms with Gasteiger partial charge in [0.25, 0.3) is 0 Å². The maximum absolute atomic E-state index is 12.7. The van der Waals surface area contributed by atoms with Crippen molar-refractivity contribution in [3.63, 3.8) is 0 Å². The van der Waals surface area contributed by atoms with Crippen molar-refractivity contribution < 1.29 is 8.42 Å². The average molecular weight is 309 g/mol. The lowest BCUT2D eigenvalue weighted by molar-refractivity contribution is 0.514. The van der Waals surface area contributed by atoms with Gasteiger partial charge >= 0.3 is 0 Å². The van der Waals surface area contributed by atoms with Crippen LogP contribution in [0.15, 0.2) is 24.3 Å². The Hall–Kier alpha value is -0.870. The predicted molar refractivity (Wildman–Crippen MR) is 88.2 cm³/mol. The van der Waals surface area contributed by atoms with Gasteiger partial charge in [-0.3, -0.25) is 0 Å². The Balaban J connectivity index is 2.14. The van der Waals surface area contributed by atoms with Crippen molar-refractivity contribution in [2.75, 3.05) is 12.8 Å². The number of rotatable bonds is 6. The van der Waals surface area contributed by atoms with Crippen molar-refractivity contribution in [3.05, 3.63) is 35.4 Å². The molecule has 1 fully saturated rings. The van der Waals surface area contributed by atoms with Crippen molar-refractivity contribution in [2.45, 2.75) is 50.8 Å². The van der Waals surface area contributed by atoms with E-state index in [1.165, 1.54) is 18.4 Å². The second-order valence-corrected chi connectivity index (χ2v) is 8.76. The van der Waals surface area contributed by atoms with E-state index in [-0.39, 0.29) is 6.04 Å². The summed E-state index contributed by atoms with van der Waals surface area (Å²) in [5.74, 6) is 0.714. The first kappa shape index (κ1) is 16.5. The molecule has 0 aliphatic heterocycles. The van der Waals surface area contributed by atoms with Crippen LogP contribution >= 0.6 is 0 Å². The summed E-state index contributed by atoms with van der Waals surface area (Å²) in [4.78, 5) is 0. The van der Waals surface area contributed by atoms with E-state index in [9.17, 15) is 8.42 Å². The Kier molecular flexibility index (Phi) is 5.44. The number of aryl methyl sites for hydroxylation is 1. The number of hydrogen-bond acceptors (Lipinski definition) is 3. The highest BCUT2D eigenvalue weighted by Crippen LogP contribution is 2.30. The van der Waals surface area contributed by atoms with Crippen molar-refractivity contribution >= 4 is 9.84 Å². The molecule has 2 atom stereocenters. The van der Waals surface area contributed by atoms with Crippen molar-refractivity contribution in [1.29, 1.82) is 0 Å². The first-order valence-corrected chi connectivity index (χ1v) is 9.61. The Morgan fingerprint density at radius 2 is 1.76 bits per heavy atom. The molecule has 0 saturated heterocycles. The normalized spacial score (nSPS) is 19.6. The fourth-order valence-electron chi connectivity index (χ4n) is 3.31. The number of nitrogens with one attached hydrogen (secondary N) is 1. The Morgan fingerprint density at radius 1 is 1.19 bits per heavy atom. The smallest absolute Gasteiger partial charge is 0.155 e. The predicted octanol–water partition coefficient (Wildman–Crippen LogP) is 3.25. The van der Waals surface area contributed by atoms with Crippen molar-refractivity contribution in [3.8, 4) is 0 Å². The monoisotopic (exact) mass is 309 g/mol. The van der Waals surface area contributed by atoms with Gasteiger partial charge in [0, 0.05) is 6.04 Å². The molecule has 0 heterocycles. The third-order valence-corrected chi connectivity index (χ3v) is 7.07. The van der Waals surface area contributed by atoms with Gasteiger partial charge in [-0.05, 0) is 45.2 Å². The first-order valence-electron chi connectivity index (χ1n) is 7.89. The molecule has 2 unspecified atom stereocenters. The maximum atomic E-state index is 12.7. The van der Waals surface area contributed by atoms with Gasteiger partial charge in [-0.1, -0.05) is 42.7 Å². The van der Waals surface area contributed by atoms with Gasteiger partial charge < -0.3 is 5.32 Å². The van der Waals surface area contributed by atoms with Crippen LogP contribution in [0, 0.1) is 12.8 Å². The van der Waals surface area contributed by atoms with E-state index in [1.54, 1.807) is 0 Å². The van der Waals surface area contributed by atoms with Crippen molar-refractivity contribution in [2.24, 2.45) is 5.92 Å². The molecule has 21 heavy (non-hydrogen) atoms. The molecule has 1 aromatic rings. The van der Waals surface area contributed by atoms with E-state index >= 15 is 0 Å². The highest BCUT2D eigenvalue weighted by Gasteiger charge is 2.32. The SMILES string of the molecule is CNC(c1ccc(C)cc1)C(C)S(=O)(=O)CC1CCCC1. The second-order valence-electron chi connectivity index (χ2n) is 6.36. The van der Waals surface area contributed by atoms with E-state index < -0.39 is 15.1 Å². The average Bonchev–Trinajstić information content (AvgIpc) is 2.93. The number of benzene rings is 1. The molecular weight excluding hydrogens is 282 g/mol. The summed E-state index contributed by atoms with van der Waals surface area (Å²) in [6, 6.07) is 7.99. The van der Waals surface area contributed by atoms with Crippen LogP contribution in [0.5, 0.6) is 0 Å². The molecule has 118 valence electrons. The Labute approximate surface area is 129 Å². The zero-order valence-electron chi connectivity index (χ0n) is 13.3. The van der Waals surface area contributed by atoms with Gasteiger partial charge in [-0.2, -0.15) is 0 Å². The molecule has 0 spiro atoms. The van der Waals surface area contributed by atoms with Gasteiger partial charge in [-0.25, -0.2) is 8.42 Å². The minimum Gasteiger partial charge on any atom is -0.312 e. The second kappa shape index (κ2) is 6.93. The molecule has 0 radical (unpaired) electrons. The zero-order chi connectivity index (χ0) is 15.5. The fourth-order valence-corrected chi connectivity index (χ4v) is 5.31. The van der Waals surface area contributed by atoms with E-state index in [4.69, 9.17) is 0 Å². The summed E-state index contributed by atoms with van der Waals surface area (Å²) >= 11 is 0. The molecule has 1 saturated carbocycles. The topological polar surface area (TPSA) is 46.2 Å². The van der Waals surface area contributed by atoms with Gasteiger partial charge in [0.2, 0.25) is 0 Å². The quantitative estimate of drug-likeness (QED) is 0.877. The molecule has 1 aliphatic rings. The molecule has 4 heteroatoms. The Morgan fingerprint density at radius 3 is 2.29 bits per heavy atom. The van der Waals surface area contributed by atoms with Gasteiger partial charge in [0.15, 0.2) is 9.84 Å². The van der Waals surface area contributed by atoms with E-state index in [1.807, 2.05) is 45.2 Å². The number of hydrogen-bond donors (Lipinski definition) is 1. The molecule has 2 rings (SSSR count). The minimum atomic E-state index is -3.08. The first-order chi connectivity index (χ1) is 9.94. The summed E-state index contributed by atoms with van der Waals surface area (Å²) in [7, 11) is -1.24. The summed E-state index contributed by atoms with van der Waals surface area (Å²) in [6.45, 7) is 3.88. The third kappa shape index (κ3) is 4.07. The van der Waals surface area contributed by atoms with Crippen LogP contribution in [0.2, 0.25) is 0 Å². The molecule has 1 aliphatic carbocycles. The van der Waals surface area contributed by atoms with E-state index in [0.29, 0.717) is 11.7 Å². The van der Waals surface area contributed by atoms with Crippen LogP contribution in [-0.4, -0.2) is 26.5 Å². The molecule has 1 N–H and O–H groups in total. The summed E-state index contributed by atoms with van der Waals surface area (Å²) in [5.41, 5.74) is 2.24. The molecule has 1 aromatic carbocycles. The van der Waals surface area contributed by atoms with Crippen LogP contribution < -0.4 is 5.32 Å².